The summed E-state index contributed by atoms with van der Waals surface area (Å²) < 4.78 is 0. The van der Waals surface area contributed by atoms with E-state index in [0.29, 0.717) is 12.8 Å². The fraction of sp³-hybridized carbons (Fsp3) is 0.889. The lowest BCUT2D eigenvalue weighted by Crippen LogP contribution is -2.16. The van der Waals surface area contributed by atoms with Crippen LogP contribution >= 0.6 is 0 Å². The van der Waals surface area contributed by atoms with Crippen LogP contribution in [0.1, 0.15) is 194 Å². The van der Waals surface area contributed by atoms with Crippen LogP contribution in [0.5, 0.6) is 0 Å². The summed E-state index contributed by atoms with van der Waals surface area (Å²) >= 11 is 0. The lowest BCUT2D eigenvalue weighted by Gasteiger charge is -2.28. The summed E-state index contributed by atoms with van der Waals surface area (Å²) in [6, 6.07) is 0. The Balaban J connectivity index is 4.82. The number of carboxylic acids is 2. The molecular weight excluding hydrogens is 496 g/mol. The Morgan fingerprint density at radius 1 is 0.450 bits per heavy atom. The van der Waals surface area contributed by atoms with Gasteiger partial charge in [-0.3, -0.25) is 9.59 Å². The zero-order valence-corrected chi connectivity index (χ0v) is 26.8. The molecule has 0 aromatic heterocycles. The van der Waals surface area contributed by atoms with Gasteiger partial charge in [-0.25, -0.2) is 0 Å². The SMILES string of the molecule is CCCCC/C=C\CC[C@@H](CCCCCCCC(=O)O)[C@H](CCCCCCCC)CCCCCCCCC(=O)O. The summed E-state index contributed by atoms with van der Waals surface area (Å²) in [6.45, 7) is 4.56. The first kappa shape index (κ1) is 38.7. The minimum atomic E-state index is -0.667. The molecule has 0 aromatic rings. The molecule has 4 heteroatoms. The second kappa shape index (κ2) is 30.6. The van der Waals surface area contributed by atoms with Crippen LogP contribution < -0.4 is 0 Å². The van der Waals surface area contributed by atoms with Crippen LogP contribution in [-0.4, -0.2) is 22.2 Å². The highest BCUT2D eigenvalue weighted by Gasteiger charge is 2.20. The van der Waals surface area contributed by atoms with Crippen molar-refractivity contribution in [2.45, 2.75) is 194 Å². The molecule has 0 radical (unpaired) electrons. The molecule has 0 aliphatic rings. The Morgan fingerprint density at radius 3 is 1.25 bits per heavy atom. The minimum absolute atomic E-state index is 0.313. The van der Waals surface area contributed by atoms with Gasteiger partial charge in [0.15, 0.2) is 0 Å². The Morgan fingerprint density at radius 2 is 0.800 bits per heavy atom. The van der Waals surface area contributed by atoms with Gasteiger partial charge in [-0.15, -0.1) is 0 Å². The zero-order chi connectivity index (χ0) is 29.5. The predicted octanol–water partition coefficient (Wildman–Crippen LogP) is 11.9. The molecule has 0 aromatic carbocycles. The molecular formula is C36H68O4. The maximum absolute atomic E-state index is 10.8. The van der Waals surface area contributed by atoms with Gasteiger partial charge in [0.05, 0.1) is 0 Å². The Hall–Kier alpha value is -1.32. The summed E-state index contributed by atoms with van der Waals surface area (Å²) in [5.74, 6) is 0.310. The summed E-state index contributed by atoms with van der Waals surface area (Å²) in [7, 11) is 0. The molecule has 40 heavy (non-hydrogen) atoms. The number of hydrogen-bond donors (Lipinski definition) is 2. The van der Waals surface area contributed by atoms with Crippen LogP contribution in [0.2, 0.25) is 0 Å². The third-order valence-corrected chi connectivity index (χ3v) is 8.62. The molecule has 2 N–H and O–H groups in total. The molecule has 236 valence electrons. The van der Waals surface area contributed by atoms with E-state index in [1.54, 1.807) is 0 Å². The van der Waals surface area contributed by atoms with Gasteiger partial charge in [0.2, 0.25) is 0 Å². The van der Waals surface area contributed by atoms with Gasteiger partial charge in [0.25, 0.3) is 0 Å². The molecule has 0 heterocycles. The van der Waals surface area contributed by atoms with Gasteiger partial charge >= 0.3 is 11.9 Å². The van der Waals surface area contributed by atoms with Crippen molar-refractivity contribution in [2.75, 3.05) is 0 Å². The predicted molar refractivity (Wildman–Crippen MR) is 172 cm³/mol. The van der Waals surface area contributed by atoms with Gasteiger partial charge in [0, 0.05) is 12.8 Å². The smallest absolute Gasteiger partial charge is 0.303 e. The lowest BCUT2D eigenvalue weighted by molar-refractivity contribution is -0.138. The van der Waals surface area contributed by atoms with E-state index in [9.17, 15) is 9.59 Å². The first-order chi connectivity index (χ1) is 19.5. The molecule has 2 atom stereocenters. The molecule has 0 spiro atoms. The summed E-state index contributed by atoms with van der Waals surface area (Å²) in [6.07, 6.45) is 37.9. The van der Waals surface area contributed by atoms with Crippen molar-refractivity contribution in [1.29, 1.82) is 0 Å². The molecule has 0 aliphatic carbocycles. The van der Waals surface area contributed by atoms with Crippen LogP contribution in [-0.2, 0) is 9.59 Å². The maximum Gasteiger partial charge on any atom is 0.303 e. The summed E-state index contributed by atoms with van der Waals surface area (Å²) in [4.78, 5) is 21.5. The highest BCUT2D eigenvalue weighted by atomic mass is 16.4. The highest BCUT2D eigenvalue weighted by Crippen LogP contribution is 2.33. The second-order valence-corrected chi connectivity index (χ2v) is 12.4. The standard InChI is InChI=1S/C36H68O4/c1-3-5-7-9-11-16-22-28-34(30-24-18-14-20-26-32-36(39)40)33(27-21-15-10-8-6-4-2)29-23-17-12-13-19-25-31-35(37)38/h11,16,33-34H,3-10,12-15,17-32H2,1-2H3,(H,37,38)(H,39,40)/b16-11-/t33-,34+/m1/s1. The quantitative estimate of drug-likeness (QED) is 0.0629. The molecule has 0 unspecified atom stereocenters. The van der Waals surface area contributed by atoms with Gasteiger partial charge in [-0.05, 0) is 50.4 Å². The molecule has 0 fully saturated rings. The van der Waals surface area contributed by atoms with Crippen LogP contribution in [0.15, 0.2) is 12.2 Å². The molecule has 0 bridgehead atoms. The fourth-order valence-electron chi connectivity index (χ4n) is 6.08. The zero-order valence-electron chi connectivity index (χ0n) is 26.8. The van der Waals surface area contributed by atoms with Gasteiger partial charge < -0.3 is 10.2 Å². The maximum atomic E-state index is 10.8. The lowest BCUT2D eigenvalue weighted by atomic mass is 9.78. The Kier molecular flexibility index (Phi) is 29.6. The first-order valence-corrected chi connectivity index (χ1v) is 17.6. The number of hydrogen-bond acceptors (Lipinski definition) is 2. The fourth-order valence-corrected chi connectivity index (χ4v) is 6.08. The van der Waals surface area contributed by atoms with Crippen LogP contribution in [0, 0.1) is 11.8 Å². The van der Waals surface area contributed by atoms with Crippen molar-refractivity contribution in [2.24, 2.45) is 11.8 Å². The molecule has 0 rings (SSSR count). The number of rotatable bonds is 32. The molecule has 0 saturated carbocycles. The topological polar surface area (TPSA) is 74.6 Å². The summed E-state index contributed by atoms with van der Waals surface area (Å²) in [5.41, 5.74) is 0. The highest BCUT2D eigenvalue weighted by molar-refractivity contribution is 5.66. The van der Waals surface area contributed by atoms with Crippen LogP contribution in [0.3, 0.4) is 0 Å². The van der Waals surface area contributed by atoms with Gasteiger partial charge in [0.1, 0.15) is 0 Å². The second-order valence-electron chi connectivity index (χ2n) is 12.4. The minimum Gasteiger partial charge on any atom is -0.481 e. The summed E-state index contributed by atoms with van der Waals surface area (Å²) in [5, 5.41) is 17.7. The molecule has 0 saturated heterocycles. The van der Waals surface area contributed by atoms with Crippen molar-refractivity contribution in [3.63, 3.8) is 0 Å². The number of allylic oxidation sites excluding steroid dienone is 2. The molecule has 0 amide bonds. The van der Waals surface area contributed by atoms with Gasteiger partial charge in [-0.1, -0.05) is 154 Å². The van der Waals surface area contributed by atoms with Gasteiger partial charge in [-0.2, -0.15) is 0 Å². The van der Waals surface area contributed by atoms with Crippen LogP contribution in [0.4, 0.5) is 0 Å². The van der Waals surface area contributed by atoms with Crippen molar-refractivity contribution < 1.29 is 19.8 Å². The third kappa shape index (κ3) is 28.2. The van der Waals surface area contributed by atoms with Crippen molar-refractivity contribution in [3.8, 4) is 0 Å². The van der Waals surface area contributed by atoms with E-state index in [-0.39, 0.29) is 0 Å². The van der Waals surface area contributed by atoms with E-state index < -0.39 is 11.9 Å². The Labute approximate surface area is 249 Å². The molecule has 4 nitrogen and oxygen atoms in total. The van der Waals surface area contributed by atoms with E-state index in [4.69, 9.17) is 10.2 Å². The van der Waals surface area contributed by atoms with E-state index in [1.807, 2.05) is 0 Å². The monoisotopic (exact) mass is 565 g/mol. The molecule has 0 aliphatic heterocycles. The largest absolute Gasteiger partial charge is 0.481 e. The van der Waals surface area contributed by atoms with Crippen LogP contribution in [0.25, 0.3) is 0 Å². The van der Waals surface area contributed by atoms with E-state index >= 15 is 0 Å². The number of unbranched alkanes of at least 4 members (excludes halogenated alkanes) is 17. The number of carbonyl (C=O) groups is 2. The normalized spacial score (nSPS) is 13.2. The van der Waals surface area contributed by atoms with E-state index in [1.165, 1.54) is 141 Å². The first-order valence-electron chi connectivity index (χ1n) is 17.6. The van der Waals surface area contributed by atoms with Crippen molar-refractivity contribution in [3.05, 3.63) is 12.2 Å². The Bertz CT molecular complexity index is 585. The van der Waals surface area contributed by atoms with Crippen molar-refractivity contribution in [1.82, 2.24) is 0 Å². The van der Waals surface area contributed by atoms with E-state index in [2.05, 4.69) is 26.0 Å². The number of aliphatic carboxylic acids is 2. The number of carboxylic acid groups (broad SMARTS) is 2. The third-order valence-electron chi connectivity index (χ3n) is 8.62. The average Bonchev–Trinajstić information content (AvgIpc) is 2.92. The van der Waals surface area contributed by atoms with E-state index in [0.717, 1.165) is 37.5 Å². The van der Waals surface area contributed by atoms with Crippen molar-refractivity contribution >= 4 is 11.9 Å². The average molecular weight is 565 g/mol.